The number of rotatable bonds is 6. The molecule has 0 aliphatic heterocycles. The van der Waals surface area contributed by atoms with Crippen molar-refractivity contribution in [2.24, 2.45) is 5.10 Å². The Labute approximate surface area is 173 Å². The SMILES string of the molecule is CCOc1cccc(C=NNC(=O)c2cc(-c3ccc4ccccc4c3)n[nH]2)c1O. The Morgan fingerprint density at radius 3 is 2.80 bits per heavy atom. The van der Waals surface area contributed by atoms with Crippen LogP contribution < -0.4 is 10.2 Å². The number of phenols is 1. The van der Waals surface area contributed by atoms with Crippen molar-refractivity contribution >= 4 is 22.9 Å². The summed E-state index contributed by atoms with van der Waals surface area (Å²) < 4.78 is 5.33. The number of benzene rings is 3. The zero-order valence-corrected chi connectivity index (χ0v) is 16.3. The molecule has 0 unspecified atom stereocenters. The number of ether oxygens (including phenoxy) is 1. The molecule has 0 radical (unpaired) electrons. The first-order valence-corrected chi connectivity index (χ1v) is 9.48. The van der Waals surface area contributed by atoms with Gasteiger partial charge < -0.3 is 9.84 Å². The highest BCUT2D eigenvalue weighted by Gasteiger charge is 2.11. The molecular formula is C23H20N4O3. The largest absolute Gasteiger partial charge is 0.504 e. The number of hydrogen-bond donors (Lipinski definition) is 3. The molecule has 1 amide bonds. The van der Waals surface area contributed by atoms with Crippen molar-refractivity contribution in [1.29, 1.82) is 0 Å². The van der Waals surface area contributed by atoms with Crippen LogP contribution in [0.4, 0.5) is 0 Å². The van der Waals surface area contributed by atoms with E-state index in [0.717, 1.165) is 16.3 Å². The van der Waals surface area contributed by atoms with E-state index in [1.807, 2.05) is 49.4 Å². The first kappa shape index (κ1) is 19.2. The van der Waals surface area contributed by atoms with Crippen LogP contribution in [0.3, 0.4) is 0 Å². The number of carbonyl (C=O) groups excluding carboxylic acids is 1. The van der Waals surface area contributed by atoms with Crippen molar-refractivity contribution in [1.82, 2.24) is 15.6 Å². The third-order valence-corrected chi connectivity index (χ3v) is 4.57. The second-order valence-corrected chi connectivity index (χ2v) is 6.55. The standard InChI is InChI=1S/C23H20N4O3/c1-2-30-21-9-5-8-18(22(21)28)14-24-27-23(29)20-13-19(25-26-20)17-11-10-15-6-3-4-7-16(15)12-17/h3-14,28H,2H2,1H3,(H,25,26)(H,27,29). The Morgan fingerprint density at radius 1 is 1.13 bits per heavy atom. The summed E-state index contributed by atoms with van der Waals surface area (Å²) in [7, 11) is 0. The molecule has 3 N–H and O–H groups in total. The smallest absolute Gasteiger partial charge is 0.289 e. The van der Waals surface area contributed by atoms with Gasteiger partial charge in [-0.05, 0) is 42.0 Å². The number of nitrogens with zero attached hydrogens (tertiary/aromatic N) is 2. The third-order valence-electron chi connectivity index (χ3n) is 4.57. The van der Waals surface area contributed by atoms with Gasteiger partial charge in [-0.15, -0.1) is 0 Å². The van der Waals surface area contributed by atoms with Crippen molar-refractivity contribution in [3.8, 4) is 22.8 Å². The zero-order valence-electron chi connectivity index (χ0n) is 16.3. The maximum atomic E-state index is 12.4. The molecule has 0 aliphatic rings. The fourth-order valence-corrected chi connectivity index (χ4v) is 3.07. The van der Waals surface area contributed by atoms with Gasteiger partial charge >= 0.3 is 0 Å². The quantitative estimate of drug-likeness (QED) is 0.335. The number of aromatic nitrogens is 2. The lowest BCUT2D eigenvalue weighted by molar-refractivity contribution is 0.0950. The van der Waals surface area contributed by atoms with Crippen molar-refractivity contribution in [3.63, 3.8) is 0 Å². The number of amides is 1. The van der Waals surface area contributed by atoms with Crippen LogP contribution >= 0.6 is 0 Å². The molecule has 3 aromatic carbocycles. The molecule has 0 spiro atoms. The predicted molar refractivity (Wildman–Crippen MR) is 116 cm³/mol. The Hall–Kier alpha value is -4.13. The van der Waals surface area contributed by atoms with Gasteiger partial charge in [-0.25, -0.2) is 5.43 Å². The van der Waals surface area contributed by atoms with E-state index in [2.05, 4.69) is 20.7 Å². The number of aromatic hydroxyl groups is 1. The minimum Gasteiger partial charge on any atom is -0.504 e. The lowest BCUT2D eigenvalue weighted by Crippen LogP contribution is -2.18. The number of aromatic amines is 1. The Morgan fingerprint density at radius 2 is 1.97 bits per heavy atom. The third kappa shape index (κ3) is 4.00. The highest BCUT2D eigenvalue weighted by atomic mass is 16.5. The van der Waals surface area contributed by atoms with Crippen LogP contribution in [0.25, 0.3) is 22.0 Å². The molecule has 0 aliphatic carbocycles. The summed E-state index contributed by atoms with van der Waals surface area (Å²) in [5, 5.41) is 23.3. The average Bonchev–Trinajstić information content (AvgIpc) is 3.26. The van der Waals surface area contributed by atoms with Gasteiger partial charge in [0.05, 0.1) is 18.5 Å². The Kier molecular flexibility index (Phi) is 5.43. The van der Waals surface area contributed by atoms with E-state index < -0.39 is 5.91 Å². The highest BCUT2D eigenvalue weighted by Crippen LogP contribution is 2.28. The summed E-state index contributed by atoms with van der Waals surface area (Å²) in [6, 6.07) is 20.8. The molecule has 0 saturated heterocycles. The normalized spacial score (nSPS) is 11.1. The lowest BCUT2D eigenvalue weighted by Gasteiger charge is -2.07. The molecular weight excluding hydrogens is 380 g/mol. The van der Waals surface area contributed by atoms with Crippen LogP contribution in [-0.4, -0.2) is 34.0 Å². The first-order valence-electron chi connectivity index (χ1n) is 9.48. The minimum absolute atomic E-state index is 0.0301. The molecule has 4 rings (SSSR count). The van der Waals surface area contributed by atoms with E-state index >= 15 is 0 Å². The second-order valence-electron chi connectivity index (χ2n) is 6.55. The van der Waals surface area contributed by atoms with Gasteiger partial charge in [0, 0.05) is 11.1 Å². The Balaban J connectivity index is 1.46. The summed E-state index contributed by atoms with van der Waals surface area (Å²) in [6.45, 7) is 2.27. The van der Waals surface area contributed by atoms with Crippen LogP contribution in [0.5, 0.6) is 11.5 Å². The summed E-state index contributed by atoms with van der Waals surface area (Å²) in [5.41, 5.74) is 4.71. The van der Waals surface area contributed by atoms with Crippen LogP contribution in [0, 0.1) is 0 Å². The van der Waals surface area contributed by atoms with E-state index in [1.165, 1.54) is 6.21 Å². The fraction of sp³-hybridized carbons (Fsp3) is 0.0870. The van der Waals surface area contributed by atoms with Gasteiger partial charge in [-0.3, -0.25) is 9.89 Å². The predicted octanol–water partition coefficient (Wildman–Crippen LogP) is 4.10. The van der Waals surface area contributed by atoms with Crippen molar-refractivity contribution < 1.29 is 14.6 Å². The number of para-hydroxylation sites is 1. The summed E-state index contributed by atoms with van der Waals surface area (Å²) in [4.78, 5) is 12.4. The monoisotopic (exact) mass is 400 g/mol. The molecule has 7 nitrogen and oxygen atoms in total. The van der Waals surface area contributed by atoms with Crippen molar-refractivity contribution in [3.05, 3.63) is 78.0 Å². The molecule has 1 heterocycles. The van der Waals surface area contributed by atoms with Crippen LogP contribution in [-0.2, 0) is 0 Å². The molecule has 0 fully saturated rings. The van der Waals surface area contributed by atoms with Gasteiger partial charge in [0.25, 0.3) is 5.91 Å². The number of fused-ring (bicyclic) bond motifs is 1. The molecule has 7 heteroatoms. The minimum atomic E-state index is -0.439. The maximum absolute atomic E-state index is 12.4. The number of hydrazone groups is 1. The molecule has 0 saturated carbocycles. The van der Waals surface area contributed by atoms with Crippen molar-refractivity contribution in [2.45, 2.75) is 6.92 Å². The van der Waals surface area contributed by atoms with Crippen LogP contribution in [0.1, 0.15) is 23.0 Å². The highest BCUT2D eigenvalue weighted by molar-refractivity contribution is 5.95. The average molecular weight is 400 g/mol. The maximum Gasteiger partial charge on any atom is 0.289 e. The topological polar surface area (TPSA) is 99.6 Å². The van der Waals surface area contributed by atoms with Gasteiger partial charge in [-0.1, -0.05) is 42.5 Å². The molecule has 150 valence electrons. The summed E-state index contributed by atoms with van der Waals surface area (Å²) in [6.07, 6.45) is 1.36. The summed E-state index contributed by atoms with van der Waals surface area (Å²) >= 11 is 0. The number of nitrogens with one attached hydrogen (secondary N) is 2. The van der Waals surface area contributed by atoms with Crippen molar-refractivity contribution in [2.75, 3.05) is 6.61 Å². The van der Waals surface area contributed by atoms with Crippen LogP contribution in [0.2, 0.25) is 0 Å². The molecule has 0 atom stereocenters. The van der Waals surface area contributed by atoms with E-state index in [4.69, 9.17) is 4.74 Å². The van der Waals surface area contributed by atoms with Gasteiger partial charge in [-0.2, -0.15) is 10.2 Å². The number of carbonyl (C=O) groups is 1. The van der Waals surface area contributed by atoms with E-state index in [-0.39, 0.29) is 11.4 Å². The molecule has 1 aromatic heterocycles. The fourth-order valence-electron chi connectivity index (χ4n) is 3.07. The first-order chi connectivity index (χ1) is 14.7. The summed E-state index contributed by atoms with van der Waals surface area (Å²) in [5.74, 6) is -0.106. The molecule has 4 aromatic rings. The number of phenolic OH excluding ortho intramolecular Hbond substituents is 1. The number of hydrogen-bond acceptors (Lipinski definition) is 5. The zero-order chi connectivity index (χ0) is 20.9. The van der Waals surface area contributed by atoms with Gasteiger partial charge in [0.2, 0.25) is 0 Å². The second kappa shape index (κ2) is 8.48. The Bertz CT molecular complexity index is 1230. The molecule has 0 bridgehead atoms. The van der Waals surface area contributed by atoms with Gasteiger partial charge in [0.1, 0.15) is 5.69 Å². The van der Waals surface area contributed by atoms with E-state index in [1.54, 1.807) is 24.3 Å². The van der Waals surface area contributed by atoms with E-state index in [9.17, 15) is 9.90 Å². The molecule has 30 heavy (non-hydrogen) atoms. The number of H-pyrrole nitrogens is 1. The lowest BCUT2D eigenvalue weighted by atomic mass is 10.1. The van der Waals surface area contributed by atoms with Gasteiger partial charge in [0.15, 0.2) is 11.5 Å². The van der Waals surface area contributed by atoms with Crippen LogP contribution in [0.15, 0.2) is 71.8 Å². The van der Waals surface area contributed by atoms with E-state index in [0.29, 0.717) is 23.6 Å².